The lowest BCUT2D eigenvalue weighted by atomic mass is 9.51. The zero-order chi connectivity index (χ0) is 26.0. The number of nitrogens with zero attached hydrogens (tertiary/aromatic N) is 1. The number of piperidine rings is 1. The van der Waals surface area contributed by atoms with E-state index in [9.17, 15) is 14.7 Å². The molecule has 4 N–H and O–H groups in total. The van der Waals surface area contributed by atoms with Crippen LogP contribution in [0.2, 0.25) is 0 Å². The minimum absolute atomic E-state index is 0.0815. The Hall–Kier alpha value is -2.52. The maximum atomic E-state index is 13.1. The lowest BCUT2D eigenvalue weighted by molar-refractivity contribution is -0.158. The van der Waals surface area contributed by atoms with E-state index in [0.29, 0.717) is 23.5 Å². The molecule has 1 saturated heterocycles. The van der Waals surface area contributed by atoms with Gasteiger partial charge in [-0.05, 0) is 72.4 Å². The van der Waals surface area contributed by atoms with Gasteiger partial charge in [-0.25, -0.2) is 0 Å². The van der Waals surface area contributed by atoms with Crippen molar-refractivity contribution in [3.8, 4) is 17.2 Å². The molecule has 2 fully saturated rings. The molecular formula is C27H39N3O6. The Morgan fingerprint density at radius 1 is 1.36 bits per heavy atom. The molecule has 2 aliphatic carbocycles. The Kier molecular flexibility index (Phi) is 6.15. The smallest absolute Gasteiger partial charge is 0.323 e. The van der Waals surface area contributed by atoms with Crippen molar-refractivity contribution >= 4 is 11.9 Å². The molecule has 1 aromatic rings. The number of esters is 1. The number of nitrogens with two attached hydrogens (primary N) is 1. The maximum Gasteiger partial charge on any atom is 0.323 e. The van der Waals surface area contributed by atoms with Crippen LogP contribution < -0.4 is 20.5 Å². The van der Waals surface area contributed by atoms with E-state index < -0.39 is 23.5 Å². The minimum atomic E-state index is -0.685. The van der Waals surface area contributed by atoms with E-state index in [0.717, 1.165) is 43.4 Å². The molecule has 5 rings (SSSR count). The third kappa shape index (κ3) is 3.91. The Morgan fingerprint density at radius 2 is 2.11 bits per heavy atom. The Balaban J connectivity index is 1.52. The van der Waals surface area contributed by atoms with E-state index >= 15 is 0 Å². The van der Waals surface area contributed by atoms with Crippen LogP contribution in [-0.2, 0) is 26.2 Å². The number of methoxy groups -OCH3 is 1. The fourth-order valence-electron chi connectivity index (χ4n) is 7.33. The van der Waals surface area contributed by atoms with Gasteiger partial charge in [0.05, 0.1) is 7.11 Å². The van der Waals surface area contributed by atoms with Crippen molar-refractivity contribution in [2.45, 2.75) is 94.5 Å². The number of phenols is 1. The summed E-state index contributed by atoms with van der Waals surface area (Å²) in [4.78, 5) is 27.2. The summed E-state index contributed by atoms with van der Waals surface area (Å²) in [6, 6.07) is 1.19. The fourth-order valence-corrected chi connectivity index (χ4v) is 7.33. The number of aromatic hydroxyl groups is 1. The van der Waals surface area contributed by atoms with Crippen molar-refractivity contribution in [3.63, 3.8) is 0 Å². The molecule has 1 spiro atoms. The number of benzene rings is 1. The van der Waals surface area contributed by atoms with E-state index in [-0.39, 0.29) is 36.2 Å². The van der Waals surface area contributed by atoms with Gasteiger partial charge in [0.2, 0.25) is 5.91 Å². The summed E-state index contributed by atoms with van der Waals surface area (Å²) in [6.45, 7) is 6.42. The predicted molar refractivity (Wildman–Crippen MR) is 133 cm³/mol. The van der Waals surface area contributed by atoms with Gasteiger partial charge in [-0.1, -0.05) is 0 Å². The van der Waals surface area contributed by atoms with E-state index in [4.69, 9.17) is 19.9 Å². The number of carbonyl (C=O) groups excluding carboxylic acids is 2. The van der Waals surface area contributed by atoms with Crippen molar-refractivity contribution < 1.29 is 28.9 Å². The number of likely N-dealkylation sites (tertiary alicyclic amines) is 1. The van der Waals surface area contributed by atoms with Gasteiger partial charge in [0.15, 0.2) is 11.5 Å². The van der Waals surface area contributed by atoms with Gasteiger partial charge in [0.25, 0.3) is 0 Å². The number of primary amides is 1. The average Bonchev–Trinajstić information content (AvgIpc) is 3.14. The van der Waals surface area contributed by atoms with E-state index in [1.165, 1.54) is 0 Å². The topological polar surface area (TPSA) is 123 Å². The first kappa shape index (κ1) is 25.1. The predicted octanol–water partition coefficient (Wildman–Crippen LogP) is 2.00. The van der Waals surface area contributed by atoms with Crippen molar-refractivity contribution in [2.75, 3.05) is 20.7 Å². The molecule has 1 saturated carbocycles. The Morgan fingerprint density at radius 3 is 2.78 bits per heavy atom. The number of likely N-dealkylation sites (N-methyl/N-ethyl adjacent to an activating group) is 1. The number of amides is 1. The number of nitrogens with one attached hydrogen (secondary N) is 1. The molecular weight excluding hydrogens is 462 g/mol. The average molecular weight is 502 g/mol. The number of ether oxygens (including phenoxy) is 3. The molecule has 1 amide bonds. The monoisotopic (exact) mass is 501 g/mol. The van der Waals surface area contributed by atoms with Crippen LogP contribution >= 0.6 is 0 Å². The number of hydrogen-bond donors (Lipinski definition) is 3. The third-order valence-electron chi connectivity index (χ3n) is 8.69. The van der Waals surface area contributed by atoms with Crippen LogP contribution in [0.4, 0.5) is 0 Å². The first-order valence-corrected chi connectivity index (χ1v) is 13.0. The maximum absolute atomic E-state index is 13.1. The molecule has 0 aromatic heterocycles. The van der Waals surface area contributed by atoms with E-state index in [1.807, 2.05) is 20.8 Å². The van der Waals surface area contributed by atoms with Crippen LogP contribution in [0, 0.1) is 5.92 Å². The lowest BCUT2D eigenvalue weighted by Crippen LogP contribution is -2.69. The summed E-state index contributed by atoms with van der Waals surface area (Å²) < 4.78 is 18.0. The summed E-state index contributed by atoms with van der Waals surface area (Å²) in [5.74, 6) is 0.894. The molecule has 0 unspecified atom stereocenters. The van der Waals surface area contributed by atoms with Crippen LogP contribution in [0.5, 0.6) is 17.2 Å². The molecule has 2 bridgehead atoms. The van der Waals surface area contributed by atoms with Crippen molar-refractivity contribution in [3.05, 3.63) is 17.2 Å². The molecule has 1 aromatic carbocycles. The summed E-state index contributed by atoms with van der Waals surface area (Å²) in [5.41, 5.74) is 6.71. The SMILES string of the molecule is COc1cc(O)c2c3c1C[C@@H]1[C@@H]4CC[C@H](N[C@@H](CCC(N)=O)C(=O)OC(C)(C)C)[C@H](O2)[C@]34CCN1C. The molecule has 4 aliphatic rings. The van der Waals surface area contributed by atoms with Gasteiger partial charge >= 0.3 is 5.97 Å². The van der Waals surface area contributed by atoms with Gasteiger partial charge in [-0.2, -0.15) is 0 Å². The number of rotatable bonds is 7. The summed E-state index contributed by atoms with van der Waals surface area (Å²) in [5, 5.41) is 14.5. The van der Waals surface area contributed by atoms with Gasteiger partial charge in [0, 0.05) is 41.1 Å². The highest BCUT2D eigenvalue weighted by Crippen LogP contribution is 2.65. The zero-order valence-electron chi connectivity index (χ0n) is 21.9. The summed E-state index contributed by atoms with van der Waals surface area (Å²) in [7, 11) is 3.83. The number of carbonyl (C=O) groups is 2. The van der Waals surface area contributed by atoms with Crippen LogP contribution in [-0.4, -0.2) is 72.4 Å². The van der Waals surface area contributed by atoms with Crippen LogP contribution in [0.25, 0.3) is 0 Å². The number of phenolic OH excluding ortho intramolecular Hbond substituents is 1. The van der Waals surface area contributed by atoms with Crippen molar-refractivity contribution in [1.29, 1.82) is 0 Å². The Bertz CT molecular complexity index is 1070. The molecule has 9 heteroatoms. The van der Waals surface area contributed by atoms with Gasteiger partial charge < -0.3 is 30.0 Å². The highest BCUT2D eigenvalue weighted by atomic mass is 16.6. The first-order valence-electron chi connectivity index (χ1n) is 13.0. The third-order valence-corrected chi connectivity index (χ3v) is 8.69. The molecule has 2 heterocycles. The highest BCUT2D eigenvalue weighted by molar-refractivity contribution is 5.79. The molecule has 2 aliphatic heterocycles. The van der Waals surface area contributed by atoms with Gasteiger partial charge in [0.1, 0.15) is 23.5 Å². The second-order valence-electron chi connectivity index (χ2n) is 11.9. The van der Waals surface area contributed by atoms with Crippen molar-refractivity contribution in [2.24, 2.45) is 11.7 Å². The Labute approximate surface area is 212 Å². The van der Waals surface area contributed by atoms with E-state index in [1.54, 1.807) is 13.2 Å². The molecule has 9 nitrogen and oxygen atoms in total. The minimum Gasteiger partial charge on any atom is -0.504 e. The first-order chi connectivity index (χ1) is 17.0. The molecule has 36 heavy (non-hydrogen) atoms. The normalized spacial score (nSPS) is 31.2. The van der Waals surface area contributed by atoms with Crippen molar-refractivity contribution in [1.82, 2.24) is 10.2 Å². The molecule has 0 radical (unpaired) electrons. The van der Waals surface area contributed by atoms with Crippen LogP contribution in [0.1, 0.15) is 64.0 Å². The van der Waals surface area contributed by atoms with Crippen LogP contribution in [0.3, 0.4) is 0 Å². The second kappa shape index (κ2) is 8.80. The quantitative estimate of drug-likeness (QED) is 0.485. The van der Waals surface area contributed by atoms with Gasteiger partial charge in [-0.15, -0.1) is 0 Å². The fraction of sp³-hybridized carbons (Fsp3) is 0.704. The zero-order valence-corrected chi connectivity index (χ0v) is 21.9. The summed E-state index contributed by atoms with van der Waals surface area (Å²) in [6.07, 6.45) is 3.64. The summed E-state index contributed by atoms with van der Waals surface area (Å²) >= 11 is 0. The van der Waals surface area contributed by atoms with E-state index in [2.05, 4.69) is 17.3 Å². The molecule has 198 valence electrons. The standard InChI is InChI=1S/C27H39N3O6/c1-26(2,3)36-25(33)17(8-9-21(28)32)29-16-7-6-15-18-12-14-20(34-5)13-19(31)23-22(14)27(15,24(16)35-23)10-11-30(18)4/h13,15-18,24,29,31H,6-12H2,1-5H3,(H2,28,32)/t15-,16-,17-,18+,24-,27-/m0/s1. The van der Waals surface area contributed by atoms with Crippen LogP contribution in [0.15, 0.2) is 6.07 Å². The molecule has 6 atom stereocenters. The lowest BCUT2D eigenvalue weighted by Gasteiger charge is -2.59. The van der Waals surface area contributed by atoms with Gasteiger partial charge in [-0.3, -0.25) is 14.9 Å². The second-order valence-corrected chi connectivity index (χ2v) is 11.9. The number of hydrogen-bond acceptors (Lipinski definition) is 8. The highest BCUT2D eigenvalue weighted by Gasteiger charge is 2.66. The largest absolute Gasteiger partial charge is 0.504 e.